The highest BCUT2D eigenvalue weighted by Gasteiger charge is 2.15. The number of nitro benzene ring substituents is 1. The first-order valence-electron chi connectivity index (χ1n) is 5.14. The summed E-state index contributed by atoms with van der Waals surface area (Å²) in [6.07, 6.45) is 0. The molecular formula is C11H8BrN3O4. The van der Waals surface area contributed by atoms with Crippen molar-refractivity contribution in [1.29, 1.82) is 0 Å². The van der Waals surface area contributed by atoms with Crippen molar-refractivity contribution in [3.05, 3.63) is 50.2 Å². The molecule has 0 amide bonds. The van der Waals surface area contributed by atoms with Crippen molar-refractivity contribution < 1.29 is 14.8 Å². The minimum atomic E-state index is -1.13. The molecule has 1 aromatic carbocycles. The van der Waals surface area contributed by atoms with Gasteiger partial charge in [0.1, 0.15) is 0 Å². The third-order valence-corrected chi connectivity index (χ3v) is 3.11. The summed E-state index contributed by atoms with van der Waals surface area (Å²) in [5.74, 6) is -1.13. The van der Waals surface area contributed by atoms with Gasteiger partial charge < -0.3 is 5.11 Å². The number of aromatic nitrogens is 2. The Balaban J connectivity index is 2.53. The number of nitro groups is 1. The molecule has 1 heterocycles. The van der Waals surface area contributed by atoms with Crippen LogP contribution >= 0.6 is 15.9 Å². The van der Waals surface area contributed by atoms with E-state index < -0.39 is 10.9 Å². The smallest absolute Gasteiger partial charge is 0.356 e. The van der Waals surface area contributed by atoms with Crippen LogP contribution in [0.25, 0.3) is 5.69 Å². The zero-order valence-corrected chi connectivity index (χ0v) is 11.3. The van der Waals surface area contributed by atoms with Crippen LogP contribution in [0.2, 0.25) is 0 Å². The fraction of sp³-hybridized carbons (Fsp3) is 0.0909. The Morgan fingerprint density at radius 3 is 2.63 bits per heavy atom. The lowest BCUT2D eigenvalue weighted by atomic mass is 10.3. The van der Waals surface area contributed by atoms with Gasteiger partial charge in [0, 0.05) is 17.8 Å². The van der Waals surface area contributed by atoms with Crippen LogP contribution in [-0.2, 0) is 0 Å². The molecule has 0 atom stereocenters. The summed E-state index contributed by atoms with van der Waals surface area (Å²) in [7, 11) is 0. The highest BCUT2D eigenvalue weighted by Crippen LogP contribution is 2.26. The Morgan fingerprint density at radius 1 is 1.47 bits per heavy atom. The molecule has 2 aromatic rings. The van der Waals surface area contributed by atoms with Crippen molar-refractivity contribution in [3.8, 4) is 5.69 Å². The first-order chi connectivity index (χ1) is 8.90. The van der Waals surface area contributed by atoms with Crippen LogP contribution in [0.4, 0.5) is 5.69 Å². The van der Waals surface area contributed by atoms with Crippen LogP contribution in [0.1, 0.15) is 16.2 Å². The number of carboxylic acid groups (broad SMARTS) is 1. The molecule has 0 aliphatic heterocycles. The van der Waals surface area contributed by atoms with Crippen LogP contribution in [0.3, 0.4) is 0 Å². The van der Waals surface area contributed by atoms with Crippen LogP contribution in [-0.4, -0.2) is 25.8 Å². The number of hydrogen-bond donors (Lipinski definition) is 1. The number of aryl methyl sites for hydroxylation is 1. The molecule has 0 saturated heterocycles. The Morgan fingerprint density at radius 2 is 2.16 bits per heavy atom. The highest BCUT2D eigenvalue weighted by atomic mass is 79.9. The van der Waals surface area contributed by atoms with Crippen molar-refractivity contribution in [2.45, 2.75) is 6.92 Å². The van der Waals surface area contributed by atoms with Gasteiger partial charge in [-0.15, -0.1) is 0 Å². The molecule has 1 N–H and O–H groups in total. The van der Waals surface area contributed by atoms with E-state index in [9.17, 15) is 14.9 Å². The lowest BCUT2D eigenvalue weighted by Gasteiger charge is -2.06. The average Bonchev–Trinajstić information content (AvgIpc) is 2.71. The second-order valence-corrected chi connectivity index (χ2v) is 4.64. The zero-order valence-electron chi connectivity index (χ0n) is 9.70. The van der Waals surface area contributed by atoms with Gasteiger partial charge in [0.05, 0.1) is 15.1 Å². The second-order valence-electron chi connectivity index (χ2n) is 3.78. The molecule has 19 heavy (non-hydrogen) atoms. The summed E-state index contributed by atoms with van der Waals surface area (Å²) < 4.78 is 1.88. The molecule has 0 fully saturated rings. The first kappa shape index (κ1) is 13.2. The van der Waals surface area contributed by atoms with Gasteiger partial charge in [-0.25, -0.2) is 9.48 Å². The van der Waals surface area contributed by atoms with E-state index in [1.54, 1.807) is 6.92 Å². The molecule has 0 aliphatic rings. The monoisotopic (exact) mass is 325 g/mol. The SMILES string of the molecule is Cc1cc(C(=O)O)nn1-c1ccc([N+](=O)[O-])cc1Br. The van der Waals surface area contributed by atoms with Crippen molar-refractivity contribution >= 4 is 27.6 Å². The predicted octanol–water partition coefficient (Wildman–Crippen LogP) is 2.55. The molecule has 0 aliphatic carbocycles. The Labute approximate surface area is 115 Å². The summed E-state index contributed by atoms with van der Waals surface area (Å²) in [4.78, 5) is 21.0. The van der Waals surface area contributed by atoms with Gasteiger partial charge in [-0.3, -0.25) is 10.1 Å². The number of carbonyl (C=O) groups is 1. The maximum Gasteiger partial charge on any atom is 0.356 e. The van der Waals surface area contributed by atoms with Crippen LogP contribution in [0.5, 0.6) is 0 Å². The molecule has 7 nitrogen and oxygen atoms in total. The topological polar surface area (TPSA) is 98.3 Å². The Bertz CT molecular complexity index is 681. The third kappa shape index (κ3) is 2.48. The fourth-order valence-corrected chi connectivity index (χ4v) is 2.14. The van der Waals surface area contributed by atoms with Crippen LogP contribution in [0.15, 0.2) is 28.7 Å². The number of carboxylic acids is 1. The minimum absolute atomic E-state index is 0.0566. The van der Waals surface area contributed by atoms with Gasteiger partial charge in [-0.1, -0.05) is 0 Å². The number of nitrogens with zero attached hydrogens (tertiary/aromatic N) is 3. The number of halogens is 1. The van der Waals surface area contributed by atoms with E-state index in [-0.39, 0.29) is 11.4 Å². The van der Waals surface area contributed by atoms with E-state index >= 15 is 0 Å². The average molecular weight is 326 g/mol. The van der Waals surface area contributed by atoms with E-state index in [4.69, 9.17) is 5.11 Å². The van der Waals surface area contributed by atoms with Crippen LogP contribution < -0.4 is 0 Å². The molecule has 8 heteroatoms. The number of hydrogen-bond acceptors (Lipinski definition) is 4. The van der Waals surface area contributed by atoms with Crippen molar-refractivity contribution in [2.24, 2.45) is 0 Å². The van der Waals surface area contributed by atoms with Gasteiger partial charge in [0.25, 0.3) is 5.69 Å². The van der Waals surface area contributed by atoms with Gasteiger partial charge in [-0.2, -0.15) is 5.10 Å². The molecule has 98 valence electrons. The minimum Gasteiger partial charge on any atom is -0.476 e. The molecule has 2 rings (SSSR count). The van der Waals surface area contributed by atoms with Crippen molar-refractivity contribution in [1.82, 2.24) is 9.78 Å². The van der Waals surface area contributed by atoms with Gasteiger partial charge in [-0.05, 0) is 35.0 Å². The van der Waals surface area contributed by atoms with Crippen LogP contribution in [0, 0.1) is 17.0 Å². The molecule has 0 spiro atoms. The van der Waals surface area contributed by atoms with Gasteiger partial charge >= 0.3 is 5.97 Å². The van der Waals surface area contributed by atoms with Gasteiger partial charge in [0.15, 0.2) is 5.69 Å². The van der Waals surface area contributed by atoms with E-state index in [1.165, 1.54) is 28.9 Å². The predicted molar refractivity (Wildman–Crippen MR) is 69.6 cm³/mol. The normalized spacial score (nSPS) is 10.4. The largest absolute Gasteiger partial charge is 0.476 e. The lowest BCUT2D eigenvalue weighted by Crippen LogP contribution is -2.03. The Kier molecular flexibility index (Phi) is 3.34. The lowest BCUT2D eigenvalue weighted by molar-refractivity contribution is -0.384. The number of benzene rings is 1. The first-order valence-corrected chi connectivity index (χ1v) is 5.93. The van der Waals surface area contributed by atoms with E-state index in [1.807, 2.05) is 0 Å². The molecule has 0 radical (unpaired) electrons. The molecule has 1 aromatic heterocycles. The molecular weight excluding hydrogens is 318 g/mol. The maximum atomic E-state index is 10.8. The zero-order chi connectivity index (χ0) is 14.2. The molecule has 0 unspecified atom stereocenters. The third-order valence-electron chi connectivity index (χ3n) is 2.48. The molecule has 0 saturated carbocycles. The Hall–Kier alpha value is -2.22. The molecule has 0 bridgehead atoms. The summed E-state index contributed by atoms with van der Waals surface area (Å²) in [6.45, 7) is 1.70. The summed E-state index contributed by atoms with van der Waals surface area (Å²) in [6, 6.07) is 5.61. The number of non-ortho nitro benzene ring substituents is 1. The number of rotatable bonds is 3. The number of aromatic carboxylic acids is 1. The van der Waals surface area contributed by atoms with Gasteiger partial charge in [0.2, 0.25) is 0 Å². The van der Waals surface area contributed by atoms with Crippen molar-refractivity contribution in [3.63, 3.8) is 0 Å². The quantitative estimate of drug-likeness (QED) is 0.690. The summed E-state index contributed by atoms with van der Waals surface area (Å²) in [5, 5.41) is 23.5. The van der Waals surface area contributed by atoms with E-state index in [0.717, 1.165) is 0 Å². The van der Waals surface area contributed by atoms with E-state index in [0.29, 0.717) is 15.9 Å². The standard InChI is InChI=1S/C11H8BrN3O4/c1-6-4-9(11(16)17)13-14(6)10-3-2-7(15(18)19)5-8(10)12/h2-5H,1H3,(H,16,17). The summed E-state index contributed by atoms with van der Waals surface area (Å²) in [5.41, 5.74) is 1.02. The second kappa shape index (κ2) is 4.81. The van der Waals surface area contributed by atoms with Crippen molar-refractivity contribution in [2.75, 3.05) is 0 Å². The van der Waals surface area contributed by atoms with E-state index in [2.05, 4.69) is 21.0 Å². The fourth-order valence-electron chi connectivity index (χ4n) is 1.60. The maximum absolute atomic E-state index is 10.8. The summed E-state index contributed by atoms with van der Waals surface area (Å²) >= 11 is 3.22. The highest BCUT2D eigenvalue weighted by molar-refractivity contribution is 9.10.